The molecule has 0 N–H and O–H groups in total. The molecule has 10 atom stereocenters. The lowest BCUT2D eigenvalue weighted by Gasteiger charge is -2.43. The first kappa shape index (κ1) is 47.5. The first-order chi connectivity index (χ1) is 27.5. The van der Waals surface area contributed by atoms with E-state index in [1.807, 2.05) is 13.0 Å². The number of nitriles is 1. The summed E-state index contributed by atoms with van der Waals surface area (Å²) in [6.45, 7) is 15.4. The van der Waals surface area contributed by atoms with Gasteiger partial charge in [-0.05, 0) is 39.1 Å². The largest absolute Gasteiger partial charge is 0.463 e. The third-order valence-electron chi connectivity index (χ3n) is 8.16. The van der Waals surface area contributed by atoms with Gasteiger partial charge in [-0.2, -0.15) is 5.26 Å². The van der Waals surface area contributed by atoms with Crippen LogP contribution < -0.4 is 0 Å². The molecule has 2 aliphatic heterocycles. The quantitative estimate of drug-likeness (QED) is 0.0506. The molecule has 0 saturated carbocycles. The fourth-order valence-corrected chi connectivity index (χ4v) is 8.77. The number of hydrogen-bond donors (Lipinski definition) is 0. The fourth-order valence-electron chi connectivity index (χ4n) is 5.59. The van der Waals surface area contributed by atoms with Gasteiger partial charge in [0, 0.05) is 65.3 Å². The zero-order chi connectivity index (χ0) is 43.1. The lowest BCUT2D eigenvalue weighted by Crippen LogP contribution is -2.55. The number of nitrogens with zero attached hydrogens (tertiary/aromatic N) is 10. The minimum Gasteiger partial charge on any atom is -0.463 e. The summed E-state index contributed by atoms with van der Waals surface area (Å²) in [6.07, 6.45) is -0.621. The molecular weight excluding hydrogens is 888 g/mol. The molecule has 20 nitrogen and oxygen atoms in total. The molecule has 308 valence electrons. The average molecular weight is 924 g/mol. The number of carbonyl (C=O) groups is 4. The summed E-state index contributed by atoms with van der Waals surface area (Å²) in [4.78, 5) is 64.0. The van der Waals surface area contributed by atoms with E-state index in [1.165, 1.54) is 63.6 Å². The van der Waals surface area contributed by atoms with Gasteiger partial charge >= 0.3 is 23.9 Å². The van der Waals surface area contributed by atoms with Gasteiger partial charge in [-0.3, -0.25) is 19.2 Å². The highest BCUT2D eigenvalue weighted by Crippen LogP contribution is 2.43. The Bertz CT molecular complexity index is 2030. The smallest absolute Gasteiger partial charge is 0.303 e. The van der Waals surface area contributed by atoms with Crippen molar-refractivity contribution in [2.75, 3.05) is 13.2 Å². The molecule has 2 aromatic rings. The summed E-state index contributed by atoms with van der Waals surface area (Å²) in [6, 6.07) is 3.77. The Labute approximate surface area is 354 Å². The van der Waals surface area contributed by atoms with Gasteiger partial charge in [0.15, 0.2) is 5.69 Å². The Balaban J connectivity index is 0.000000310. The van der Waals surface area contributed by atoms with Crippen molar-refractivity contribution < 1.29 is 47.6 Å². The van der Waals surface area contributed by atoms with E-state index in [0.29, 0.717) is 19.3 Å². The minimum atomic E-state index is -0.938. The Kier molecular flexibility index (Phi) is 18.8. The second-order valence-corrected chi connectivity index (χ2v) is 16.0. The molecule has 0 aliphatic carbocycles. The van der Waals surface area contributed by atoms with Crippen molar-refractivity contribution >= 4 is 80.7 Å². The highest BCUT2D eigenvalue weighted by molar-refractivity contribution is 9.10. The SMILES string of the molecule is CC(=O)OCC1O[C@H](Sc2cnc(C#N)c(Br)c2)C(C)[C@@H](N=[N+]=[N-])[C@H]1OC(C)=O.[C-]#[N+]c1ncc(Cl)cc1S[C@H]1OC(COC(C)=O)[C@H](OC(C)=O)[C@H](N=[N+]=[N-])C1C. The molecule has 2 fully saturated rings. The molecule has 4 heterocycles. The van der Waals surface area contributed by atoms with E-state index in [-0.39, 0.29) is 30.6 Å². The van der Waals surface area contributed by atoms with Crippen LogP contribution in [0.4, 0.5) is 5.82 Å². The van der Waals surface area contributed by atoms with E-state index in [4.69, 9.17) is 62.9 Å². The van der Waals surface area contributed by atoms with Crippen molar-refractivity contribution in [3.05, 3.63) is 72.0 Å². The van der Waals surface area contributed by atoms with Crippen molar-refractivity contribution in [3.8, 4) is 6.07 Å². The van der Waals surface area contributed by atoms with Crippen LogP contribution in [-0.2, 0) is 47.6 Å². The molecule has 58 heavy (non-hydrogen) atoms. The molecule has 2 aliphatic rings. The lowest BCUT2D eigenvalue weighted by atomic mass is 9.91. The zero-order valence-electron chi connectivity index (χ0n) is 31.6. The highest BCUT2D eigenvalue weighted by Gasteiger charge is 2.47. The van der Waals surface area contributed by atoms with Crippen LogP contribution in [0, 0.1) is 29.7 Å². The molecule has 0 amide bonds. The number of esters is 4. The molecule has 0 spiro atoms. The molecule has 0 aromatic carbocycles. The van der Waals surface area contributed by atoms with Crippen LogP contribution in [0.1, 0.15) is 47.2 Å². The number of pyridine rings is 2. The van der Waals surface area contributed by atoms with Crippen LogP contribution in [0.25, 0.3) is 25.7 Å². The number of hydrogen-bond acceptors (Lipinski definition) is 17. The van der Waals surface area contributed by atoms with Crippen LogP contribution in [0.3, 0.4) is 0 Å². The van der Waals surface area contributed by atoms with Gasteiger partial charge in [0.1, 0.15) is 60.8 Å². The summed E-state index contributed by atoms with van der Waals surface area (Å²) in [5.41, 5.74) is 17.1. The summed E-state index contributed by atoms with van der Waals surface area (Å²) in [7, 11) is 0. The molecule has 2 saturated heterocycles. The van der Waals surface area contributed by atoms with Gasteiger partial charge in [0.2, 0.25) is 0 Å². The highest BCUT2D eigenvalue weighted by atomic mass is 79.9. The predicted octanol–water partition coefficient (Wildman–Crippen LogP) is 7.26. The molecule has 4 rings (SSSR count). The van der Waals surface area contributed by atoms with Gasteiger partial charge in [-0.15, -0.1) is 16.7 Å². The van der Waals surface area contributed by atoms with Crippen LogP contribution >= 0.6 is 51.1 Å². The summed E-state index contributed by atoms with van der Waals surface area (Å²) in [5.74, 6) is -2.81. The number of rotatable bonds is 12. The van der Waals surface area contributed by atoms with Crippen LogP contribution in [0.2, 0.25) is 5.02 Å². The first-order valence-corrected chi connectivity index (χ1v) is 19.9. The maximum absolute atomic E-state index is 11.6. The number of ether oxygens (including phenoxy) is 6. The second-order valence-electron chi connectivity index (χ2n) is 12.4. The number of halogens is 2. The third kappa shape index (κ3) is 13.6. The van der Waals surface area contributed by atoms with Crippen molar-refractivity contribution in [3.63, 3.8) is 0 Å². The zero-order valence-corrected chi connectivity index (χ0v) is 35.6. The van der Waals surface area contributed by atoms with Crippen molar-refractivity contribution in [1.82, 2.24) is 9.97 Å². The van der Waals surface area contributed by atoms with Gasteiger partial charge in [-0.25, -0.2) is 4.98 Å². The van der Waals surface area contributed by atoms with Crippen molar-refractivity contribution in [2.45, 2.75) is 98.7 Å². The lowest BCUT2D eigenvalue weighted by molar-refractivity contribution is -0.183. The first-order valence-electron chi connectivity index (χ1n) is 17.0. The van der Waals surface area contributed by atoms with Crippen LogP contribution in [0.5, 0.6) is 0 Å². The maximum atomic E-state index is 11.6. The summed E-state index contributed by atoms with van der Waals surface area (Å²) in [5, 5.41) is 17.0. The van der Waals surface area contributed by atoms with E-state index in [0.717, 1.165) is 0 Å². The van der Waals surface area contributed by atoms with Gasteiger partial charge in [-0.1, -0.05) is 54.0 Å². The normalized spacial score (nSPS) is 26.0. The topological polar surface area (TPSA) is 275 Å². The van der Waals surface area contributed by atoms with Gasteiger partial charge in [0.25, 0.3) is 5.82 Å². The summed E-state index contributed by atoms with van der Waals surface area (Å²) < 4.78 is 33.4. The Morgan fingerprint density at radius 2 is 1.38 bits per heavy atom. The average Bonchev–Trinajstić information content (AvgIpc) is 3.15. The van der Waals surface area contributed by atoms with Crippen molar-refractivity contribution in [2.24, 2.45) is 22.1 Å². The number of carbonyl (C=O) groups excluding carboxylic acids is 4. The second kappa shape index (κ2) is 22.9. The number of azide groups is 2. The van der Waals surface area contributed by atoms with E-state index in [9.17, 15) is 19.2 Å². The molecule has 2 aromatic heterocycles. The Morgan fingerprint density at radius 3 is 1.79 bits per heavy atom. The third-order valence-corrected chi connectivity index (χ3v) is 11.6. The molecule has 4 unspecified atom stereocenters. The molecule has 24 heteroatoms. The Hall–Kier alpha value is -4.83. The molecular formula is C34H36BrClN10O10S2. The van der Waals surface area contributed by atoms with Crippen LogP contribution in [0.15, 0.2) is 49.0 Å². The number of aromatic nitrogens is 2. The standard InChI is InChI=1S/C17H18BrN5O5S.C17H18ClN5O5S/c1-8-15(22-23-20)16(27-10(3)25)14(7-26-9(2)24)28-17(8)29-11-4-12(18)13(5-19)21-6-11;1-8-14(22-23-19)15(27-10(3)25)12(7-26-9(2)24)28-17(8)29-13-5-11(18)6-21-16(13)20-4/h4,6,8,14-17H,7H2,1-3H3;5-6,8,12,14-15,17H,7H2,1-3H3/t8?,14?,15-,16+,17-;8?,12?,14-,15+,17-/m11/s1. The number of thioether (sulfide) groups is 2. The molecule has 0 bridgehead atoms. The predicted molar refractivity (Wildman–Crippen MR) is 210 cm³/mol. The minimum absolute atomic E-state index is 0.147. The fraction of sp³-hybridized carbons (Fsp3) is 0.529. The summed E-state index contributed by atoms with van der Waals surface area (Å²) >= 11 is 11.8. The van der Waals surface area contributed by atoms with Crippen LogP contribution in [-0.4, -0.2) is 94.4 Å². The van der Waals surface area contributed by atoms with E-state index in [1.54, 1.807) is 19.1 Å². The van der Waals surface area contributed by atoms with E-state index >= 15 is 0 Å². The monoisotopic (exact) mass is 922 g/mol. The Morgan fingerprint density at radius 1 is 0.879 bits per heavy atom. The van der Waals surface area contributed by atoms with Crippen molar-refractivity contribution in [1.29, 1.82) is 5.26 Å². The maximum Gasteiger partial charge on any atom is 0.303 e. The molecule has 0 radical (unpaired) electrons. The van der Waals surface area contributed by atoms with E-state index in [2.05, 4.69) is 50.8 Å². The van der Waals surface area contributed by atoms with Gasteiger partial charge < -0.3 is 33.3 Å². The van der Waals surface area contributed by atoms with Gasteiger partial charge in [0.05, 0.1) is 21.6 Å². The van der Waals surface area contributed by atoms with E-state index < -0.39 is 77.2 Å².